The van der Waals surface area contributed by atoms with Crippen LogP contribution in [0.1, 0.15) is 0 Å². The van der Waals surface area contributed by atoms with Crippen molar-refractivity contribution >= 4 is 16.1 Å². The van der Waals surface area contributed by atoms with Gasteiger partial charge in [-0.25, -0.2) is 0 Å². The van der Waals surface area contributed by atoms with Crippen molar-refractivity contribution in [1.29, 1.82) is 0 Å². The molecule has 2 aliphatic carbocycles. The molecule has 0 aromatic carbocycles. The van der Waals surface area contributed by atoms with E-state index in [1.165, 1.54) is 8.85 Å². The van der Waals surface area contributed by atoms with Crippen molar-refractivity contribution in [2.24, 2.45) is 0 Å². The summed E-state index contributed by atoms with van der Waals surface area (Å²) in [6.07, 6.45) is 7.33. The molecule has 0 spiro atoms. The Bertz CT molecular complexity index is 506. The third-order valence-electron chi connectivity index (χ3n) is 3.32. The molecule has 0 aromatic rings. The minimum Gasteiger partial charge on any atom is -1.00 e. The minimum atomic E-state index is -1.24. The van der Waals surface area contributed by atoms with Gasteiger partial charge in [0.05, 0.1) is 0 Å². The molecule has 0 heterocycles. The molecule has 0 N–H and O–H groups in total. The summed E-state index contributed by atoms with van der Waals surface area (Å²) in [5.41, 5.74) is 3.08. The molecule has 7 heteroatoms. The van der Waals surface area contributed by atoms with Crippen LogP contribution in [-0.2, 0) is 24.7 Å². The summed E-state index contributed by atoms with van der Waals surface area (Å²) >= 11 is 1.54. The molecule has 0 saturated carbocycles. The van der Waals surface area contributed by atoms with E-state index in [-0.39, 0.29) is 49.6 Å². The largest absolute Gasteiger partial charge is 1.00 e. The van der Waals surface area contributed by atoms with Crippen LogP contribution in [0.2, 0.25) is 39.3 Å². The van der Waals surface area contributed by atoms with Crippen LogP contribution in [0.25, 0.3) is 0 Å². The molecule has 0 saturated heterocycles. The maximum atomic E-state index is 2.50. The molecule has 117 valence electrons. The van der Waals surface area contributed by atoms with Gasteiger partial charge in [0.25, 0.3) is 0 Å². The Morgan fingerprint density at radius 1 is 0.714 bits per heavy atom. The molecule has 2 rings (SSSR count). The van der Waals surface area contributed by atoms with E-state index >= 15 is 0 Å². The van der Waals surface area contributed by atoms with Crippen LogP contribution in [0.15, 0.2) is 43.0 Å². The van der Waals surface area contributed by atoms with E-state index < -0.39 is 16.1 Å². The first-order chi connectivity index (χ1) is 7.60. The SMILES string of the molecule is C[Si](C)(C)C1=CC2=C[C]([Zr+4])=CC2=C1[Si](C)(C)C.[Cl-].[Cl-].[Cl-].[Cl-]. The topological polar surface area (TPSA) is 0 Å². The molecule has 0 bridgehead atoms. The summed E-state index contributed by atoms with van der Waals surface area (Å²) in [7, 11) is -2.45. The number of allylic oxidation sites excluding steroid dienone is 8. The average molecular weight is 479 g/mol. The zero-order chi connectivity index (χ0) is 13.0. The van der Waals surface area contributed by atoms with Crippen LogP contribution in [0.5, 0.6) is 0 Å². The molecular formula is C14H21Cl4Si2Zr. The summed E-state index contributed by atoms with van der Waals surface area (Å²) in [5.74, 6) is 0. The second-order valence-electron chi connectivity index (χ2n) is 7.05. The van der Waals surface area contributed by atoms with Crippen molar-refractivity contribution < 1.29 is 74.3 Å². The van der Waals surface area contributed by atoms with E-state index in [2.05, 4.69) is 57.5 Å². The van der Waals surface area contributed by atoms with Crippen molar-refractivity contribution in [3.05, 3.63) is 43.0 Å². The molecule has 0 amide bonds. The summed E-state index contributed by atoms with van der Waals surface area (Å²) in [6, 6.07) is 0. The smallest absolute Gasteiger partial charge is 1.00 e. The molecule has 21 heavy (non-hydrogen) atoms. The van der Waals surface area contributed by atoms with Gasteiger partial charge in [0.1, 0.15) is 0 Å². The Morgan fingerprint density at radius 2 is 1.19 bits per heavy atom. The van der Waals surface area contributed by atoms with E-state index in [1.807, 2.05) is 0 Å². The predicted molar refractivity (Wildman–Crippen MR) is 78.0 cm³/mol. The van der Waals surface area contributed by atoms with Gasteiger partial charge in [0.15, 0.2) is 0 Å². The van der Waals surface area contributed by atoms with Crippen molar-refractivity contribution in [3.8, 4) is 0 Å². The van der Waals surface area contributed by atoms with Gasteiger partial charge in [0, 0.05) is 0 Å². The van der Waals surface area contributed by atoms with Crippen LogP contribution >= 0.6 is 0 Å². The maximum absolute atomic E-state index is 2.50. The van der Waals surface area contributed by atoms with E-state index in [0.717, 1.165) is 0 Å². The molecule has 0 radical (unpaired) electrons. The molecule has 0 aromatic heterocycles. The third-order valence-corrected chi connectivity index (χ3v) is 8.33. The van der Waals surface area contributed by atoms with Crippen molar-refractivity contribution in [1.82, 2.24) is 0 Å². The molecular weight excluding hydrogens is 457 g/mol. The minimum absolute atomic E-state index is 0. The average Bonchev–Trinajstić information content (AvgIpc) is 2.54. The molecule has 0 nitrogen and oxygen atoms in total. The third kappa shape index (κ3) is 5.78. The number of halogens is 4. The van der Waals surface area contributed by atoms with Crippen LogP contribution in [0.4, 0.5) is 0 Å². The zero-order valence-corrected chi connectivity index (χ0v) is 20.7. The van der Waals surface area contributed by atoms with Crippen LogP contribution < -0.4 is 49.6 Å². The van der Waals surface area contributed by atoms with Crippen LogP contribution in [0.3, 0.4) is 0 Å². The quantitative estimate of drug-likeness (QED) is 0.346. The van der Waals surface area contributed by atoms with Gasteiger partial charge in [-0.3, -0.25) is 0 Å². The fourth-order valence-electron chi connectivity index (χ4n) is 2.63. The standard InChI is InChI=1S/C14H21Si2.4ClH.Zr/c1-15(2,3)13-10-11-8-7-9-12(11)14(13)16(4,5)6;;;;;/h8-10H,1-6H3;4*1H;/q;;;;;+4/p-4. The Hall–Kier alpha value is 1.44. The summed E-state index contributed by atoms with van der Waals surface area (Å²) in [4.78, 5) is 0. The molecule has 0 unspecified atom stereocenters. The predicted octanol–water partition coefficient (Wildman–Crippen LogP) is -7.64. The van der Waals surface area contributed by atoms with Gasteiger partial charge >= 0.3 is 123 Å². The monoisotopic (exact) mass is 475 g/mol. The van der Waals surface area contributed by atoms with Crippen LogP contribution in [-0.4, -0.2) is 16.1 Å². The van der Waals surface area contributed by atoms with Gasteiger partial charge in [-0.2, -0.15) is 0 Å². The summed E-state index contributed by atoms with van der Waals surface area (Å²) < 4.78 is 1.50. The van der Waals surface area contributed by atoms with E-state index in [0.29, 0.717) is 0 Å². The first-order valence-electron chi connectivity index (χ1n) is 6.23. The van der Waals surface area contributed by atoms with Crippen LogP contribution in [0, 0.1) is 0 Å². The van der Waals surface area contributed by atoms with Crippen molar-refractivity contribution in [2.75, 3.05) is 0 Å². The van der Waals surface area contributed by atoms with Gasteiger partial charge in [-0.1, -0.05) is 0 Å². The molecule has 0 aliphatic heterocycles. The number of hydrogen-bond acceptors (Lipinski definition) is 0. The fraction of sp³-hybridized carbons (Fsp3) is 0.429. The first kappa shape index (κ1) is 27.3. The maximum Gasteiger partial charge on any atom is -1.00 e. The molecule has 2 aliphatic rings. The second-order valence-corrected chi connectivity index (χ2v) is 18.5. The normalized spacial score (nSPS) is 16.5. The van der Waals surface area contributed by atoms with E-state index in [4.69, 9.17) is 0 Å². The Labute approximate surface area is 171 Å². The number of hydrogen-bond donors (Lipinski definition) is 0. The zero-order valence-electron chi connectivity index (χ0n) is 13.2. The fourth-order valence-corrected chi connectivity index (χ4v) is 9.00. The Kier molecular flexibility index (Phi) is 11.8. The number of fused-ring (bicyclic) bond motifs is 1. The van der Waals surface area contributed by atoms with E-state index in [1.54, 1.807) is 40.7 Å². The summed E-state index contributed by atoms with van der Waals surface area (Å²) in [5, 5.41) is 3.47. The van der Waals surface area contributed by atoms with Gasteiger partial charge in [0.2, 0.25) is 0 Å². The van der Waals surface area contributed by atoms with Gasteiger partial charge in [-0.15, -0.1) is 0 Å². The summed E-state index contributed by atoms with van der Waals surface area (Å²) in [6.45, 7) is 14.9. The molecule has 0 atom stereocenters. The van der Waals surface area contributed by atoms with Gasteiger partial charge < -0.3 is 49.6 Å². The number of rotatable bonds is 2. The molecule has 0 fully saturated rings. The second kappa shape index (κ2) is 9.06. The Morgan fingerprint density at radius 3 is 1.57 bits per heavy atom. The Balaban J connectivity index is -0.000000810. The van der Waals surface area contributed by atoms with Gasteiger partial charge in [-0.05, 0) is 0 Å². The van der Waals surface area contributed by atoms with Crippen molar-refractivity contribution in [3.63, 3.8) is 0 Å². The van der Waals surface area contributed by atoms with E-state index in [9.17, 15) is 0 Å². The van der Waals surface area contributed by atoms with Crippen molar-refractivity contribution in [2.45, 2.75) is 39.3 Å². The first-order valence-corrected chi connectivity index (χ1v) is 14.5.